The highest BCUT2D eigenvalue weighted by molar-refractivity contribution is 7.10. The van der Waals surface area contributed by atoms with E-state index in [2.05, 4.69) is 14.8 Å². The zero-order valence-electron chi connectivity index (χ0n) is 9.80. The Labute approximate surface area is 104 Å². The molecule has 0 fully saturated rings. The van der Waals surface area contributed by atoms with Crippen molar-refractivity contribution in [3.05, 3.63) is 18.0 Å². The maximum absolute atomic E-state index is 5.69. The van der Waals surface area contributed by atoms with Crippen LogP contribution in [0.4, 0.5) is 16.5 Å². The molecule has 0 aliphatic heterocycles. The summed E-state index contributed by atoms with van der Waals surface area (Å²) in [7, 11) is 1.67. The molecule has 0 spiro atoms. The molecule has 0 radical (unpaired) electrons. The largest absolute Gasteiger partial charge is 0.383 e. The molecule has 0 bridgehead atoms. The first-order chi connectivity index (χ1) is 8.20. The van der Waals surface area contributed by atoms with Crippen LogP contribution in [0.3, 0.4) is 0 Å². The van der Waals surface area contributed by atoms with Crippen molar-refractivity contribution >= 4 is 28.0 Å². The number of hydrogen-bond acceptors (Lipinski definition) is 6. The maximum Gasteiger partial charge on any atom is 0.142 e. The quantitative estimate of drug-likeness (QED) is 0.846. The topological polar surface area (TPSA) is 78.0 Å². The second-order valence-corrected chi connectivity index (χ2v) is 4.41. The number of ether oxygens (including phenoxy) is 1. The van der Waals surface area contributed by atoms with E-state index >= 15 is 0 Å². The normalized spacial score (nSPS) is 10.7. The molecule has 7 heteroatoms. The number of rotatable bonds is 5. The summed E-state index contributed by atoms with van der Waals surface area (Å²) in [6.45, 7) is 3.33. The summed E-state index contributed by atoms with van der Waals surface area (Å²) < 4.78 is 10.9. The van der Waals surface area contributed by atoms with E-state index in [9.17, 15) is 0 Å². The molecule has 2 aromatic heterocycles. The number of hydrogen-bond donors (Lipinski definition) is 2. The molecule has 0 aromatic carbocycles. The molecule has 6 nitrogen and oxygen atoms in total. The van der Waals surface area contributed by atoms with E-state index < -0.39 is 0 Å². The van der Waals surface area contributed by atoms with Crippen molar-refractivity contribution in [1.29, 1.82) is 0 Å². The summed E-state index contributed by atoms with van der Waals surface area (Å²) >= 11 is 1.35. The Morgan fingerprint density at radius 3 is 3.06 bits per heavy atom. The van der Waals surface area contributed by atoms with Crippen LogP contribution in [0.1, 0.15) is 5.56 Å². The highest BCUT2D eigenvalue weighted by Crippen LogP contribution is 2.28. The monoisotopic (exact) mass is 253 g/mol. The maximum atomic E-state index is 5.69. The van der Waals surface area contributed by atoms with Crippen molar-refractivity contribution < 1.29 is 4.74 Å². The van der Waals surface area contributed by atoms with E-state index in [1.54, 1.807) is 13.3 Å². The summed E-state index contributed by atoms with van der Waals surface area (Å²) in [6, 6.07) is 0. The van der Waals surface area contributed by atoms with Gasteiger partial charge >= 0.3 is 0 Å². The summed E-state index contributed by atoms with van der Waals surface area (Å²) in [5.74, 6) is 0.573. The number of nitrogen functional groups attached to an aromatic ring is 1. The number of aromatic nitrogens is 3. The Kier molecular flexibility index (Phi) is 3.60. The zero-order chi connectivity index (χ0) is 12.3. The second kappa shape index (κ2) is 5.15. The van der Waals surface area contributed by atoms with Crippen LogP contribution in [0, 0.1) is 6.92 Å². The first-order valence-electron chi connectivity index (χ1n) is 5.21. The lowest BCUT2D eigenvalue weighted by molar-refractivity contribution is 0.183. The van der Waals surface area contributed by atoms with E-state index in [4.69, 9.17) is 10.5 Å². The lowest BCUT2D eigenvalue weighted by Crippen LogP contribution is -2.03. The van der Waals surface area contributed by atoms with Crippen LogP contribution in [0.2, 0.25) is 0 Å². The Morgan fingerprint density at radius 1 is 1.59 bits per heavy atom. The zero-order valence-corrected chi connectivity index (χ0v) is 10.6. The average Bonchev–Trinajstić information content (AvgIpc) is 2.89. The highest BCUT2D eigenvalue weighted by Gasteiger charge is 2.07. The van der Waals surface area contributed by atoms with Crippen molar-refractivity contribution in [3.8, 4) is 0 Å². The van der Waals surface area contributed by atoms with Gasteiger partial charge in [0, 0.05) is 18.9 Å². The SMILES string of the molecule is COCCn1cc(Nc2snc(N)c2C)cn1. The van der Waals surface area contributed by atoms with Gasteiger partial charge in [-0.2, -0.15) is 9.47 Å². The summed E-state index contributed by atoms with van der Waals surface area (Å²) in [5, 5.41) is 8.41. The van der Waals surface area contributed by atoms with Gasteiger partial charge in [0.05, 0.1) is 25.0 Å². The molecule has 2 heterocycles. The van der Waals surface area contributed by atoms with E-state index in [0.29, 0.717) is 12.4 Å². The van der Waals surface area contributed by atoms with Gasteiger partial charge in [-0.15, -0.1) is 0 Å². The van der Waals surface area contributed by atoms with Crippen LogP contribution in [0.25, 0.3) is 0 Å². The van der Waals surface area contributed by atoms with Gasteiger partial charge in [0.2, 0.25) is 0 Å². The van der Waals surface area contributed by atoms with Crippen molar-refractivity contribution in [2.75, 3.05) is 24.8 Å². The molecule has 3 N–H and O–H groups in total. The second-order valence-electron chi connectivity index (χ2n) is 3.63. The van der Waals surface area contributed by atoms with E-state index in [-0.39, 0.29) is 0 Å². The molecule has 2 aromatic rings. The van der Waals surface area contributed by atoms with Crippen LogP contribution in [0.15, 0.2) is 12.4 Å². The summed E-state index contributed by atoms with van der Waals surface area (Å²) in [5.41, 5.74) is 7.58. The predicted molar refractivity (Wildman–Crippen MR) is 68.6 cm³/mol. The minimum absolute atomic E-state index is 0.573. The van der Waals surface area contributed by atoms with Gasteiger partial charge in [0.25, 0.3) is 0 Å². The van der Waals surface area contributed by atoms with E-state index in [1.807, 2.05) is 17.8 Å². The molecule has 0 aliphatic carbocycles. The first kappa shape index (κ1) is 11.9. The Balaban J connectivity index is 2.04. The fourth-order valence-corrected chi connectivity index (χ4v) is 2.06. The molecule has 0 atom stereocenters. The minimum Gasteiger partial charge on any atom is -0.383 e. The van der Waals surface area contributed by atoms with Crippen LogP contribution < -0.4 is 11.1 Å². The van der Waals surface area contributed by atoms with Gasteiger partial charge in [-0.1, -0.05) is 0 Å². The van der Waals surface area contributed by atoms with Gasteiger partial charge < -0.3 is 15.8 Å². The van der Waals surface area contributed by atoms with Crippen molar-refractivity contribution in [2.45, 2.75) is 13.5 Å². The molecule has 17 heavy (non-hydrogen) atoms. The average molecular weight is 253 g/mol. The van der Waals surface area contributed by atoms with Gasteiger partial charge in [-0.3, -0.25) is 4.68 Å². The molecular weight excluding hydrogens is 238 g/mol. The van der Waals surface area contributed by atoms with Gasteiger partial charge in [-0.25, -0.2) is 0 Å². The lowest BCUT2D eigenvalue weighted by Gasteiger charge is -2.01. The van der Waals surface area contributed by atoms with E-state index in [1.165, 1.54) is 11.5 Å². The molecule has 92 valence electrons. The molecule has 0 amide bonds. The van der Waals surface area contributed by atoms with Crippen molar-refractivity contribution in [2.24, 2.45) is 0 Å². The van der Waals surface area contributed by atoms with Gasteiger partial charge in [-0.05, 0) is 18.5 Å². The van der Waals surface area contributed by atoms with Crippen LogP contribution in [-0.4, -0.2) is 27.9 Å². The number of methoxy groups -OCH3 is 1. The Morgan fingerprint density at radius 2 is 2.41 bits per heavy atom. The van der Waals surface area contributed by atoms with Gasteiger partial charge in [0.1, 0.15) is 10.8 Å². The number of nitrogens with two attached hydrogens (primary N) is 1. The fourth-order valence-electron chi connectivity index (χ4n) is 1.33. The fraction of sp³-hybridized carbons (Fsp3) is 0.400. The van der Waals surface area contributed by atoms with Crippen LogP contribution in [0.5, 0.6) is 0 Å². The number of nitrogens with zero attached hydrogens (tertiary/aromatic N) is 3. The third-order valence-electron chi connectivity index (χ3n) is 2.38. The third kappa shape index (κ3) is 2.75. The number of anilines is 3. The van der Waals surface area contributed by atoms with Crippen molar-refractivity contribution in [1.82, 2.24) is 14.2 Å². The van der Waals surface area contributed by atoms with Crippen LogP contribution in [-0.2, 0) is 11.3 Å². The molecule has 0 saturated carbocycles. The Bertz CT molecular complexity index is 493. The number of nitrogens with one attached hydrogen (secondary N) is 1. The third-order valence-corrected chi connectivity index (χ3v) is 3.25. The van der Waals surface area contributed by atoms with Crippen molar-refractivity contribution in [3.63, 3.8) is 0 Å². The lowest BCUT2D eigenvalue weighted by atomic mass is 10.3. The summed E-state index contributed by atoms with van der Waals surface area (Å²) in [6.07, 6.45) is 3.69. The standard InChI is InChI=1S/C10H15N5OS/c1-7-9(11)14-17-10(7)13-8-5-12-15(6-8)3-4-16-2/h5-6,13H,3-4H2,1-2H3,(H2,11,14). The highest BCUT2D eigenvalue weighted by atomic mass is 32.1. The van der Waals surface area contributed by atoms with Gasteiger partial charge in [0.15, 0.2) is 0 Å². The molecule has 0 saturated heterocycles. The molecule has 2 rings (SSSR count). The van der Waals surface area contributed by atoms with Crippen LogP contribution >= 0.6 is 11.5 Å². The molecular formula is C10H15N5OS. The smallest absolute Gasteiger partial charge is 0.142 e. The summed E-state index contributed by atoms with van der Waals surface area (Å²) in [4.78, 5) is 0. The van der Waals surface area contributed by atoms with E-state index in [0.717, 1.165) is 22.8 Å². The Hall–Kier alpha value is -1.60. The first-order valence-corrected chi connectivity index (χ1v) is 5.98. The molecule has 0 aliphatic rings. The minimum atomic E-state index is 0.573. The molecule has 0 unspecified atom stereocenters. The predicted octanol–water partition coefficient (Wildman–Crippen LogP) is 1.62.